The molecule has 2 amide bonds. The largest absolute Gasteiger partial charge is 0.435 e. The van der Waals surface area contributed by atoms with E-state index in [0.717, 1.165) is 6.07 Å². The third kappa shape index (κ3) is 4.94. The molecule has 0 atom stereocenters. The number of nitrogens with zero attached hydrogens (tertiary/aromatic N) is 4. The van der Waals surface area contributed by atoms with Crippen LogP contribution < -0.4 is 21.2 Å². The number of fused-ring (bicyclic) bond motifs is 1. The summed E-state index contributed by atoms with van der Waals surface area (Å²) in [6, 6.07) is 12.0. The van der Waals surface area contributed by atoms with Crippen LogP contribution in [0.25, 0.3) is 5.65 Å². The van der Waals surface area contributed by atoms with Gasteiger partial charge in [0.25, 0.3) is 5.91 Å². The second-order valence-corrected chi connectivity index (χ2v) is 10.9. The van der Waals surface area contributed by atoms with Crippen LogP contribution in [0.5, 0.6) is 11.6 Å². The van der Waals surface area contributed by atoms with Crippen LogP contribution in [0.3, 0.4) is 0 Å². The number of primary amides is 1. The molecule has 0 unspecified atom stereocenters. The zero-order chi connectivity index (χ0) is 24.5. The van der Waals surface area contributed by atoms with Crippen molar-refractivity contribution in [2.75, 3.05) is 18.6 Å². The van der Waals surface area contributed by atoms with Crippen molar-refractivity contribution in [2.45, 2.75) is 6.42 Å². The van der Waals surface area contributed by atoms with E-state index >= 15 is 0 Å². The van der Waals surface area contributed by atoms with Gasteiger partial charge in [0, 0.05) is 6.20 Å². The minimum atomic E-state index is -2.62. The smallest absolute Gasteiger partial charge is 0.254 e. The molecule has 0 radical (unpaired) electrons. The van der Waals surface area contributed by atoms with Crippen molar-refractivity contribution in [3.05, 3.63) is 71.7 Å². The Hall–Kier alpha value is -4.11. The lowest BCUT2D eigenvalue weighted by molar-refractivity contribution is -0.115. The van der Waals surface area contributed by atoms with Crippen LogP contribution in [0.1, 0.15) is 15.9 Å². The second kappa shape index (κ2) is 9.03. The summed E-state index contributed by atoms with van der Waals surface area (Å²) in [5.74, 6) is -2.24. The van der Waals surface area contributed by atoms with Crippen molar-refractivity contribution in [1.29, 1.82) is 0 Å². The number of anilines is 1. The Kier molecular flexibility index (Phi) is 6.12. The Labute approximate surface area is 193 Å². The molecule has 10 nitrogen and oxygen atoms in total. The van der Waals surface area contributed by atoms with Gasteiger partial charge in [-0.2, -0.15) is 4.98 Å². The number of benzene rings is 1. The molecule has 0 aliphatic heterocycles. The topological polar surface area (TPSA) is 142 Å². The Morgan fingerprint density at radius 2 is 1.97 bits per heavy atom. The fourth-order valence-corrected chi connectivity index (χ4v) is 4.26. The molecule has 0 fully saturated rings. The van der Waals surface area contributed by atoms with E-state index in [1.54, 1.807) is 31.5 Å². The standard InChI is InChI=1S/C22H20FN6O4P/c1-34(2,32)19-7-3-6-17-26-22(28-29(17)19)27-18(30)12-13-8-9-16(15(23)11-13)33-21-14(20(24)31)5-4-10-25-21/h3-11H,12H2,1-2H3,(H2,24,31)(H,27,28,30). The van der Waals surface area contributed by atoms with E-state index in [-0.39, 0.29) is 29.6 Å². The minimum Gasteiger partial charge on any atom is -0.435 e. The van der Waals surface area contributed by atoms with E-state index in [4.69, 9.17) is 10.5 Å². The average Bonchev–Trinajstić information content (AvgIpc) is 3.17. The van der Waals surface area contributed by atoms with E-state index in [9.17, 15) is 18.5 Å². The maximum Gasteiger partial charge on any atom is 0.254 e. The fourth-order valence-electron chi connectivity index (χ4n) is 3.21. The molecule has 3 N–H and O–H groups in total. The van der Waals surface area contributed by atoms with Crippen LogP contribution in [0.4, 0.5) is 10.3 Å². The maximum absolute atomic E-state index is 14.6. The molecule has 174 valence electrons. The number of amides is 2. The van der Waals surface area contributed by atoms with Gasteiger partial charge in [0.15, 0.2) is 17.2 Å². The average molecular weight is 482 g/mol. The number of carbonyl (C=O) groups is 2. The molecule has 0 bridgehead atoms. The summed E-state index contributed by atoms with van der Waals surface area (Å²) in [5.41, 5.74) is 6.60. The summed E-state index contributed by atoms with van der Waals surface area (Å²) in [6.07, 6.45) is 1.23. The van der Waals surface area contributed by atoms with Crippen molar-refractivity contribution in [3.63, 3.8) is 0 Å². The SMILES string of the molecule is CP(C)(=O)c1cccc2nc(NC(=O)Cc3ccc(Oc4ncccc4C(N)=O)c(F)c3)nn12. The van der Waals surface area contributed by atoms with E-state index in [2.05, 4.69) is 20.4 Å². The number of nitrogens with two attached hydrogens (primary N) is 1. The number of hydrogen-bond acceptors (Lipinski definition) is 7. The van der Waals surface area contributed by atoms with Crippen LogP contribution in [0.15, 0.2) is 54.7 Å². The molecule has 12 heteroatoms. The zero-order valence-corrected chi connectivity index (χ0v) is 19.1. The van der Waals surface area contributed by atoms with Crippen molar-refractivity contribution in [3.8, 4) is 11.6 Å². The number of rotatable bonds is 7. The van der Waals surface area contributed by atoms with Gasteiger partial charge in [-0.1, -0.05) is 12.1 Å². The highest BCUT2D eigenvalue weighted by Gasteiger charge is 2.19. The quantitative estimate of drug-likeness (QED) is 0.386. The third-order valence-electron chi connectivity index (χ3n) is 4.75. The molecule has 0 saturated heterocycles. The van der Waals surface area contributed by atoms with Gasteiger partial charge in [0.2, 0.25) is 17.7 Å². The first-order valence-corrected chi connectivity index (χ1v) is 12.6. The number of carbonyl (C=O) groups excluding carboxylic acids is 2. The first-order valence-electron chi connectivity index (χ1n) is 10.0. The summed E-state index contributed by atoms with van der Waals surface area (Å²) in [5, 5.41) is 6.79. The molecule has 0 aliphatic rings. The number of halogens is 1. The van der Waals surface area contributed by atoms with Crippen molar-refractivity contribution in [1.82, 2.24) is 19.6 Å². The van der Waals surface area contributed by atoms with Gasteiger partial charge in [0.1, 0.15) is 18.1 Å². The summed E-state index contributed by atoms with van der Waals surface area (Å²) in [6.45, 7) is 3.23. The molecule has 3 aromatic heterocycles. The Balaban J connectivity index is 1.48. The predicted octanol–water partition coefficient (Wildman–Crippen LogP) is 2.58. The van der Waals surface area contributed by atoms with E-state index in [1.807, 2.05) is 0 Å². The van der Waals surface area contributed by atoms with Crippen molar-refractivity contribution >= 4 is 36.0 Å². The third-order valence-corrected chi connectivity index (χ3v) is 6.19. The molecule has 4 aromatic rings. The number of aromatic nitrogens is 4. The van der Waals surface area contributed by atoms with Gasteiger partial charge in [-0.05, 0) is 55.3 Å². The van der Waals surface area contributed by atoms with Crippen LogP contribution >= 0.6 is 7.14 Å². The molecule has 0 spiro atoms. The summed E-state index contributed by atoms with van der Waals surface area (Å²) >= 11 is 0. The van der Waals surface area contributed by atoms with Gasteiger partial charge in [0.05, 0.1) is 6.42 Å². The highest BCUT2D eigenvalue weighted by molar-refractivity contribution is 7.69. The number of nitrogens with one attached hydrogen (secondary N) is 1. The van der Waals surface area contributed by atoms with Gasteiger partial charge < -0.3 is 15.0 Å². The Bertz CT molecular complexity index is 1470. The Morgan fingerprint density at radius 3 is 2.68 bits per heavy atom. The highest BCUT2D eigenvalue weighted by Crippen LogP contribution is 2.34. The van der Waals surface area contributed by atoms with Gasteiger partial charge in [-0.25, -0.2) is 13.9 Å². The molecule has 3 heterocycles. The number of ether oxygens (including phenoxy) is 1. The number of pyridine rings is 2. The lowest BCUT2D eigenvalue weighted by Crippen LogP contribution is -2.17. The molecular weight excluding hydrogens is 462 g/mol. The predicted molar refractivity (Wildman–Crippen MR) is 124 cm³/mol. The first kappa shape index (κ1) is 23.1. The fraction of sp³-hybridized carbons (Fsp3) is 0.136. The Morgan fingerprint density at radius 1 is 1.18 bits per heavy atom. The number of hydrogen-bond donors (Lipinski definition) is 2. The van der Waals surface area contributed by atoms with Crippen LogP contribution in [0, 0.1) is 5.82 Å². The zero-order valence-electron chi connectivity index (χ0n) is 18.2. The van der Waals surface area contributed by atoms with E-state index < -0.39 is 24.8 Å². The molecular formula is C22H20FN6O4P. The van der Waals surface area contributed by atoms with Crippen LogP contribution in [0.2, 0.25) is 0 Å². The second-order valence-electron chi connectivity index (χ2n) is 7.75. The molecule has 0 aliphatic carbocycles. The highest BCUT2D eigenvalue weighted by atomic mass is 31.2. The molecule has 0 saturated carbocycles. The lowest BCUT2D eigenvalue weighted by atomic mass is 10.1. The maximum atomic E-state index is 14.6. The van der Waals surface area contributed by atoms with Gasteiger partial charge in [-0.15, -0.1) is 5.10 Å². The first-order chi connectivity index (χ1) is 16.1. The monoisotopic (exact) mass is 482 g/mol. The van der Waals surface area contributed by atoms with Gasteiger partial charge >= 0.3 is 0 Å². The van der Waals surface area contributed by atoms with Crippen molar-refractivity contribution < 1.29 is 23.3 Å². The van der Waals surface area contributed by atoms with E-state index in [0.29, 0.717) is 16.6 Å². The normalized spacial score (nSPS) is 11.4. The summed E-state index contributed by atoms with van der Waals surface area (Å²) in [4.78, 5) is 32.1. The van der Waals surface area contributed by atoms with Gasteiger partial charge in [-0.3, -0.25) is 14.9 Å². The van der Waals surface area contributed by atoms with Crippen molar-refractivity contribution in [2.24, 2.45) is 5.73 Å². The summed E-state index contributed by atoms with van der Waals surface area (Å²) in [7, 11) is -2.62. The molecule has 1 aromatic carbocycles. The van der Waals surface area contributed by atoms with Crippen LogP contribution in [-0.4, -0.2) is 44.7 Å². The summed E-state index contributed by atoms with van der Waals surface area (Å²) < 4.78 is 33.9. The molecule has 34 heavy (non-hydrogen) atoms. The van der Waals surface area contributed by atoms with Crippen LogP contribution in [-0.2, 0) is 15.8 Å². The minimum absolute atomic E-state index is 0.0102. The van der Waals surface area contributed by atoms with E-state index in [1.165, 1.54) is 35.0 Å². The molecule has 4 rings (SSSR count). The lowest BCUT2D eigenvalue weighted by Gasteiger charge is -2.09.